The Balaban J connectivity index is 0.000000337. The average Bonchev–Trinajstić information content (AvgIpc) is 0.881. The van der Waals surface area contributed by atoms with E-state index in [0.29, 0.717) is 57.9 Å². The molecular formula is C115H223N17O6. The smallest absolute Gasteiger partial charge is 0.213 e. The van der Waals surface area contributed by atoms with E-state index in [1.54, 1.807) is 12.4 Å². The number of ether oxygens (including phenoxy) is 6. The van der Waals surface area contributed by atoms with Crippen LogP contribution in [0.2, 0.25) is 0 Å². The first-order valence-electron chi connectivity index (χ1n) is 54.2. The molecular weight excluding hydrogens is 1720 g/mol. The van der Waals surface area contributed by atoms with Crippen LogP contribution in [0.3, 0.4) is 0 Å². The van der Waals surface area contributed by atoms with E-state index in [1.807, 2.05) is 50.4 Å². The van der Waals surface area contributed by atoms with E-state index >= 15 is 0 Å². The van der Waals surface area contributed by atoms with Crippen LogP contribution < -0.4 is 25.4 Å². The monoisotopic (exact) mass is 1940 g/mol. The molecule has 1 saturated carbocycles. The largest absolute Gasteiger partial charge is 0.494 e. The van der Waals surface area contributed by atoms with Gasteiger partial charge < -0.3 is 44.4 Å². The Morgan fingerprint density at radius 2 is 0.754 bits per heavy atom. The Bertz CT molecular complexity index is 3660. The molecule has 11 rings (SSSR count). The van der Waals surface area contributed by atoms with Crippen molar-refractivity contribution in [2.45, 2.75) is 422 Å². The van der Waals surface area contributed by atoms with Crippen molar-refractivity contribution in [2.75, 3.05) is 222 Å². The van der Waals surface area contributed by atoms with Crippen molar-refractivity contribution in [3.8, 4) is 22.9 Å². The molecule has 804 valence electrons. The van der Waals surface area contributed by atoms with Crippen molar-refractivity contribution in [3.05, 3.63) is 60.6 Å². The Labute approximate surface area is 851 Å². The second-order valence-electron chi connectivity index (χ2n) is 55.2. The van der Waals surface area contributed by atoms with Gasteiger partial charge in [0.2, 0.25) is 5.88 Å². The standard InChI is InChI=1S/C22H33N3O2.C17H28N2O.C16H33N3.C15H31N3.C15H32N2O.2C14H30N2O.C2H6/c1-21(2,3)16-26-12-7-13-27-18-10-8-17(9-11-18)19-14-24-20(15-23-19)25-22(4,5)6;1-16(2,3)12-7-8-15(18-11-12)20-14-9-13(10-14)19-17(4,5)6;1-15(2,3)13-17-11-14(12-17)18-7-9-19(10-8-18)16(4,5)6;1-14(2,3)17-9-7-16(8-10-17)13-11-18(12-13)15(4,5)6;1-14(2,3)13-18-12-11-16-7-9-17(10-8-16)15(4,5)6;1-13(2,3)16-9-7-15(8-10-16)11-12-17-14(4,5)6;1-13(2,3)15-12-7-8-16(11-12)9-10-17-14(4,5)6;1-2/h8-11,14-15H,7,12-13,16H2,1-6H3,(H,24,25);7-8,11,13-14,19H,9-10H2,1-6H3;14H,7-13H2,1-6H3;13H,7-12H2,1-6H3;7-13H2,1-6H3;7-12H2,1-6H3;12,15H,7-11H2,1-6H3;1-2H3/t;;;;;;12-;/m......0./s1. The number of benzene rings is 1. The van der Waals surface area contributed by atoms with E-state index in [-0.39, 0.29) is 44.1 Å². The second kappa shape index (κ2) is 55.8. The molecule has 3 aromatic rings. The molecule has 0 unspecified atom stereocenters. The summed E-state index contributed by atoms with van der Waals surface area (Å²) in [5.74, 6) is 2.38. The summed E-state index contributed by atoms with van der Waals surface area (Å²) in [7, 11) is 0. The lowest BCUT2D eigenvalue weighted by Crippen LogP contribution is -2.67. The Morgan fingerprint density at radius 1 is 0.348 bits per heavy atom. The maximum atomic E-state index is 5.91. The van der Waals surface area contributed by atoms with E-state index in [9.17, 15) is 0 Å². The maximum absolute atomic E-state index is 5.91. The fourth-order valence-electron chi connectivity index (χ4n) is 17.7. The quantitative estimate of drug-likeness (QED) is 0.0685. The number of nitrogens with one attached hydrogen (secondary N) is 3. The van der Waals surface area contributed by atoms with Gasteiger partial charge in [0.05, 0.1) is 68.9 Å². The van der Waals surface area contributed by atoms with Gasteiger partial charge >= 0.3 is 0 Å². The summed E-state index contributed by atoms with van der Waals surface area (Å²) >= 11 is 0. The fraction of sp³-hybridized carbons (Fsp3) is 0.870. The third-order valence-corrected chi connectivity index (χ3v) is 25.7. The highest BCUT2D eigenvalue weighted by Crippen LogP contribution is 2.33. The van der Waals surface area contributed by atoms with Crippen molar-refractivity contribution in [1.29, 1.82) is 0 Å². The fourth-order valence-corrected chi connectivity index (χ4v) is 17.7. The van der Waals surface area contributed by atoms with Gasteiger partial charge in [-0.05, 0) is 285 Å². The molecule has 7 aliphatic heterocycles. The molecule has 3 N–H and O–H groups in total. The first-order valence-corrected chi connectivity index (χ1v) is 54.2. The van der Waals surface area contributed by atoms with Gasteiger partial charge in [0, 0.05) is 263 Å². The zero-order valence-electron chi connectivity index (χ0n) is 98.5. The van der Waals surface area contributed by atoms with Gasteiger partial charge in [0.15, 0.2) is 0 Å². The van der Waals surface area contributed by atoms with Crippen molar-refractivity contribution >= 4 is 5.82 Å². The highest BCUT2D eigenvalue weighted by atomic mass is 16.5. The predicted octanol–water partition coefficient (Wildman–Crippen LogP) is 20.9. The van der Waals surface area contributed by atoms with Gasteiger partial charge in [-0.25, -0.2) is 9.97 Å². The van der Waals surface area contributed by atoms with E-state index in [1.165, 1.54) is 156 Å². The number of aromatic nitrogens is 3. The molecule has 1 aliphatic carbocycles. The summed E-state index contributed by atoms with van der Waals surface area (Å²) in [4.78, 5) is 41.9. The van der Waals surface area contributed by atoms with Crippen molar-refractivity contribution in [1.82, 2.24) is 79.5 Å². The predicted molar refractivity (Wildman–Crippen MR) is 591 cm³/mol. The summed E-state index contributed by atoms with van der Waals surface area (Å²) in [5.41, 5.74) is 6.19. The van der Waals surface area contributed by atoms with Crippen molar-refractivity contribution in [2.24, 2.45) is 16.2 Å². The summed E-state index contributed by atoms with van der Waals surface area (Å²) in [5, 5.41) is 10.6. The molecule has 23 heteroatoms. The Kier molecular flexibility index (Phi) is 51.1. The second-order valence-corrected chi connectivity index (χ2v) is 55.2. The number of anilines is 1. The van der Waals surface area contributed by atoms with Crippen LogP contribution in [0.25, 0.3) is 11.3 Å². The SMILES string of the molecule is CC.CC(C)(C)CN1CC(N2CCN(C(C)(C)C)CC2)C1.CC(C)(C)COCCCOc1ccc(-c2cnc(NC(C)(C)C)cn2)cc1.CC(C)(C)COCCN1CCN(C(C)(C)C)CC1.CC(C)(C)N1CCN(C2CN(C(C)(C)C)C2)CC1.CC(C)(C)NC1CC(Oc2ccc(C(C)(C)C)cn2)C1.CC(C)(C)N[C@H]1CCN(CCOC(C)(C)C)C1.CC(C)(C)OCCN1CCN(C(C)(C)C)CC1. The zero-order chi connectivity index (χ0) is 105. The zero-order valence-corrected chi connectivity index (χ0v) is 98.5. The molecule has 7 saturated heterocycles. The van der Waals surface area contributed by atoms with Crippen LogP contribution in [0.1, 0.15) is 336 Å². The molecule has 138 heavy (non-hydrogen) atoms. The highest BCUT2D eigenvalue weighted by Gasteiger charge is 2.41. The first kappa shape index (κ1) is 126. The van der Waals surface area contributed by atoms with Crippen molar-refractivity contribution in [3.63, 3.8) is 0 Å². The molecule has 0 bridgehead atoms. The van der Waals surface area contributed by atoms with E-state index in [2.05, 4.69) is 382 Å². The molecule has 8 fully saturated rings. The number of piperazine rings is 4. The summed E-state index contributed by atoms with van der Waals surface area (Å²) in [6, 6.07) is 14.9. The lowest BCUT2D eigenvalue weighted by atomic mass is 9.87. The van der Waals surface area contributed by atoms with Gasteiger partial charge in [-0.15, -0.1) is 0 Å². The number of hydrogen-bond acceptors (Lipinski definition) is 23. The van der Waals surface area contributed by atoms with Crippen molar-refractivity contribution < 1.29 is 28.4 Å². The minimum atomic E-state index is -0.0348. The third kappa shape index (κ3) is 55.1. The summed E-state index contributed by atoms with van der Waals surface area (Å²) in [6.07, 6.45) is 10.1. The minimum absolute atomic E-state index is 0.00671. The van der Waals surface area contributed by atoms with Gasteiger partial charge in [-0.3, -0.25) is 58.9 Å². The average molecular weight is 1940 g/mol. The number of nitrogens with zero attached hydrogens (tertiary/aromatic N) is 14. The van der Waals surface area contributed by atoms with Gasteiger partial charge in [-0.2, -0.15) is 0 Å². The summed E-state index contributed by atoms with van der Waals surface area (Å²) in [6.45, 7) is 135. The molecule has 0 radical (unpaired) electrons. The molecule has 2 aromatic heterocycles. The van der Waals surface area contributed by atoms with Crippen LogP contribution in [0.4, 0.5) is 5.82 Å². The van der Waals surface area contributed by atoms with Gasteiger partial charge in [0.1, 0.15) is 17.7 Å². The molecule has 9 heterocycles. The van der Waals surface area contributed by atoms with Crippen LogP contribution in [0, 0.1) is 16.2 Å². The Hall–Kier alpha value is -3.83. The minimum Gasteiger partial charge on any atom is -0.494 e. The topological polar surface area (TPSA) is 166 Å². The number of hydrogen-bond donors (Lipinski definition) is 3. The molecule has 23 nitrogen and oxygen atoms in total. The highest BCUT2D eigenvalue weighted by molar-refractivity contribution is 5.60. The Morgan fingerprint density at radius 3 is 1.12 bits per heavy atom. The molecule has 0 spiro atoms. The van der Waals surface area contributed by atoms with E-state index in [4.69, 9.17) is 28.4 Å². The van der Waals surface area contributed by atoms with Crippen LogP contribution in [-0.4, -0.2) is 371 Å². The molecule has 0 amide bonds. The third-order valence-electron chi connectivity index (χ3n) is 25.7. The summed E-state index contributed by atoms with van der Waals surface area (Å²) < 4.78 is 34.6. The van der Waals surface area contributed by atoms with E-state index in [0.717, 1.165) is 126 Å². The lowest BCUT2D eigenvalue weighted by molar-refractivity contribution is -0.0470. The van der Waals surface area contributed by atoms with Crippen LogP contribution in [0.15, 0.2) is 55.0 Å². The van der Waals surface area contributed by atoms with Gasteiger partial charge in [0.25, 0.3) is 0 Å². The normalized spacial score (nSPS) is 20.8. The van der Waals surface area contributed by atoms with Crippen LogP contribution in [0.5, 0.6) is 11.6 Å². The number of likely N-dealkylation sites (tertiary alicyclic amines) is 3. The number of pyridine rings is 1. The molecule has 8 aliphatic rings. The molecule has 1 atom stereocenters. The maximum Gasteiger partial charge on any atom is 0.213 e. The van der Waals surface area contributed by atoms with Crippen LogP contribution >= 0.6 is 0 Å². The van der Waals surface area contributed by atoms with Gasteiger partial charge in [-0.1, -0.05) is 103 Å². The molecule has 1 aromatic carbocycles. The number of rotatable bonds is 25. The first-order chi connectivity index (χ1) is 63.1. The van der Waals surface area contributed by atoms with E-state index < -0.39 is 0 Å². The lowest BCUT2D eigenvalue weighted by Gasteiger charge is -2.53. The van der Waals surface area contributed by atoms with Crippen LogP contribution in [-0.2, 0) is 24.4 Å².